The lowest BCUT2D eigenvalue weighted by Crippen LogP contribution is -2.65. The second-order valence-corrected chi connectivity index (χ2v) is 16.6. The first-order valence-electron chi connectivity index (χ1n) is 20.1. The number of aryl methyl sites for hydroxylation is 1. The zero-order valence-electron chi connectivity index (χ0n) is 33.9. The Morgan fingerprint density at radius 3 is 1.61 bits per heavy atom. The summed E-state index contributed by atoms with van der Waals surface area (Å²) in [7, 11) is -5.84. The quantitative estimate of drug-likeness (QED) is 0.0668. The van der Waals surface area contributed by atoms with Gasteiger partial charge in [0.25, 0.3) is 0 Å². The van der Waals surface area contributed by atoms with E-state index in [0.29, 0.717) is 11.1 Å². The van der Waals surface area contributed by atoms with Gasteiger partial charge in [0.2, 0.25) is 5.79 Å². The maximum atomic E-state index is 13.2. The van der Waals surface area contributed by atoms with Crippen molar-refractivity contribution in [2.24, 2.45) is 0 Å². The maximum Gasteiger partial charge on any atom is 0.534 e. The van der Waals surface area contributed by atoms with Gasteiger partial charge in [-0.3, -0.25) is 0 Å². The molecule has 6 aromatic rings. The highest BCUT2D eigenvalue weighted by Crippen LogP contribution is 2.42. The Kier molecular flexibility index (Phi) is 14.6. The molecule has 0 spiro atoms. The minimum Gasteiger partial charge on any atom is -0.376 e. The van der Waals surface area contributed by atoms with E-state index in [2.05, 4.69) is 4.18 Å². The summed E-state index contributed by atoms with van der Waals surface area (Å²) in [6.45, 7) is 2.65. The average molecular weight is 869 g/mol. The molecule has 1 heterocycles. The molecule has 13 heteroatoms. The Hall–Kier alpha value is -5.38. The van der Waals surface area contributed by atoms with Crippen molar-refractivity contribution in [3.63, 3.8) is 0 Å². The lowest BCUT2D eigenvalue weighted by Gasteiger charge is -2.50. The predicted molar refractivity (Wildman–Crippen MR) is 226 cm³/mol. The van der Waals surface area contributed by atoms with E-state index in [1.54, 1.807) is 12.1 Å². The van der Waals surface area contributed by atoms with E-state index in [9.17, 15) is 26.7 Å². The molecule has 0 aliphatic carbocycles. The number of hydrogen-bond acceptors (Lipinski definition) is 9. The second kappa shape index (κ2) is 20.2. The van der Waals surface area contributed by atoms with Gasteiger partial charge in [0.05, 0.1) is 33.0 Å². The first-order chi connectivity index (χ1) is 29.9. The smallest absolute Gasteiger partial charge is 0.376 e. The molecule has 0 saturated carbocycles. The van der Waals surface area contributed by atoms with Gasteiger partial charge in [0, 0.05) is 5.56 Å². The fraction of sp³-hybridized carbons (Fsp3) is 0.265. The summed E-state index contributed by atoms with van der Waals surface area (Å²) < 4.78 is 99.9. The molecule has 62 heavy (non-hydrogen) atoms. The first kappa shape index (κ1) is 44.7. The van der Waals surface area contributed by atoms with Gasteiger partial charge in [0.15, 0.2) is 0 Å². The molecule has 0 aromatic heterocycles. The topological polar surface area (TPSA) is 110 Å². The Balaban J connectivity index is 1.26. The lowest BCUT2D eigenvalue weighted by molar-refractivity contribution is -0.378. The van der Waals surface area contributed by atoms with Gasteiger partial charge in [-0.25, -0.2) is 0 Å². The molecule has 1 aliphatic rings. The third kappa shape index (κ3) is 11.4. The van der Waals surface area contributed by atoms with Gasteiger partial charge < -0.3 is 33.0 Å². The number of alkyl halides is 3. The zero-order valence-corrected chi connectivity index (χ0v) is 34.7. The fourth-order valence-corrected chi connectivity index (χ4v) is 7.69. The van der Waals surface area contributed by atoms with E-state index < -0.39 is 51.6 Å². The molecule has 0 bridgehead atoms. The van der Waals surface area contributed by atoms with Gasteiger partial charge in [-0.2, -0.15) is 21.6 Å². The Bertz CT molecular complexity index is 2420. The minimum atomic E-state index is -5.84. The van der Waals surface area contributed by atoms with Crippen LogP contribution in [0.3, 0.4) is 0 Å². The number of ether oxygens (including phenoxy) is 5. The third-order valence-electron chi connectivity index (χ3n) is 10.5. The van der Waals surface area contributed by atoms with Crippen molar-refractivity contribution in [1.29, 1.82) is 0 Å². The number of hydrogen-bond donors (Lipinski definition) is 1. The van der Waals surface area contributed by atoms with Crippen LogP contribution < -0.4 is 4.18 Å². The molecule has 7 rings (SSSR count). The van der Waals surface area contributed by atoms with Crippen LogP contribution in [0.25, 0.3) is 0 Å². The van der Waals surface area contributed by atoms with Crippen molar-refractivity contribution in [3.8, 4) is 5.75 Å². The van der Waals surface area contributed by atoms with Crippen LogP contribution in [-0.4, -0.2) is 50.1 Å². The van der Waals surface area contributed by atoms with Crippen LogP contribution >= 0.6 is 0 Å². The summed E-state index contributed by atoms with van der Waals surface area (Å²) in [5.74, 6) is -2.62. The molecule has 6 aromatic carbocycles. The SMILES string of the molecule is Cc1ccc([C@@]2(O)O[C@H](COCc3ccccc3)[C@@H](OCc3ccccc3)[C@H](OCc3ccccc3)[C@H]2OCc2ccccc2)cc1Cc1ccc(OS(=O)(=O)C(F)(F)F)cc1. The minimum absolute atomic E-state index is 0.0183. The third-order valence-corrected chi connectivity index (χ3v) is 11.5. The van der Waals surface area contributed by atoms with Crippen molar-refractivity contribution >= 4 is 10.1 Å². The van der Waals surface area contributed by atoms with Gasteiger partial charge in [-0.1, -0.05) is 146 Å². The molecule has 1 N–H and O–H groups in total. The van der Waals surface area contributed by atoms with E-state index in [-0.39, 0.29) is 39.5 Å². The van der Waals surface area contributed by atoms with Gasteiger partial charge >= 0.3 is 15.6 Å². The Labute approximate surface area is 359 Å². The molecule has 1 saturated heterocycles. The molecule has 0 unspecified atom stereocenters. The molecule has 0 radical (unpaired) electrons. The summed E-state index contributed by atoms with van der Waals surface area (Å²) >= 11 is 0. The normalized spacial score (nSPS) is 20.5. The monoisotopic (exact) mass is 868 g/mol. The van der Waals surface area contributed by atoms with Crippen LogP contribution in [-0.2, 0) is 72.4 Å². The highest BCUT2D eigenvalue weighted by molar-refractivity contribution is 7.88. The second-order valence-electron chi connectivity index (χ2n) is 15.0. The molecule has 1 fully saturated rings. The van der Waals surface area contributed by atoms with Gasteiger partial charge in [-0.05, 0) is 70.5 Å². The van der Waals surface area contributed by atoms with Crippen LogP contribution in [0.1, 0.15) is 44.5 Å². The van der Waals surface area contributed by atoms with Crippen LogP contribution in [0, 0.1) is 6.92 Å². The summed E-state index contributed by atoms with van der Waals surface area (Å²) in [4.78, 5) is 0. The standard InChI is InChI=1S/C49H47F3O9S/c1-35-22-25-42(29-41(35)28-36-23-26-43(27-24-36)61-62(54,55)49(50,51)52)48(53)47(59-33-40-20-12-5-13-21-40)46(58-32-39-18-10-4-11-19-39)45(57-31-38-16-8-3-9-17-38)44(60-48)34-56-30-37-14-6-2-7-15-37/h2-27,29,44-47,53H,28,30-34H2,1H3/t44-,45-,46+,47-,48-/m1/s1. The van der Waals surface area contributed by atoms with E-state index >= 15 is 0 Å². The summed E-state index contributed by atoms with van der Waals surface area (Å²) in [5.41, 5.74) is 0.644. The molecular formula is C49H47F3O9S. The van der Waals surface area contributed by atoms with Gasteiger partial charge in [0.1, 0.15) is 30.2 Å². The summed E-state index contributed by atoms with van der Waals surface area (Å²) in [6.07, 6.45) is -3.51. The Morgan fingerprint density at radius 1 is 0.613 bits per heavy atom. The Morgan fingerprint density at radius 2 is 1.10 bits per heavy atom. The fourth-order valence-electron chi connectivity index (χ4n) is 7.23. The van der Waals surface area contributed by atoms with E-state index in [4.69, 9.17) is 23.7 Å². The highest BCUT2D eigenvalue weighted by Gasteiger charge is 2.57. The van der Waals surface area contributed by atoms with Crippen LogP contribution in [0.2, 0.25) is 0 Å². The van der Waals surface area contributed by atoms with Crippen molar-refractivity contribution < 1.29 is 54.6 Å². The van der Waals surface area contributed by atoms with Crippen molar-refractivity contribution in [2.75, 3.05) is 6.61 Å². The van der Waals surface area contributed by atoms with Crippen molar-refractivity contribution in [3.05, 3.63) is 208 Å². The van der Waals surface area contributed by atoms with Crippen molar-refractivity contribution in [2.45, 2.75) is 75.5 Å². The highest BCUT2D eigenvalue weighted by atomic mass is 32.2. The number of halogens is 3. The van der Waals surface area contributed by atoms with Crippen molar-refractivity contribution in [1.82, 2.24) is 0 Å². The molecule has 5 atom stereocenters. The lowest BCUT2D eigenvalue weighted by atomic mass is 9.85. The summed E-state index contributed by atoms with van der Waals surface area (Å²) in [6, 6.07) is 49.3. The molecular weight excluding hydrogens is 822 g/mol. The molecule has 1 aliphatic heterocycles. The first-order valence-corrected chi connectivity index (χ1v) is 21.5. The molecule has 9 nitrogen and oxygen atoms in total. The maximum absolute atomic E-state index is 13.2. The molecule has 0 amide bonds. The van der Waals surface area contributed by atoms with Gasteiger partial charge in [-0.15, -0.1) is 0 Å². The predicted octanol–water partition coefficient (Wildman–Crippen LogP) is 9.33. The average Bonchev–Trinajstić information content (AvgIpc) is 3.27. The van der Waals surface area contributed by atoms with Crippen LogP contribution in [0.5, 0.6) is 5.75 Å². The van der Waals surface area contributed by atoms with Crippen LogP contribution in [0.4, 0.5) is 13.2 Å². The van der Waals surface area contributed by atoms with E-state index in [0.717, 1.165) is 45.5 Å². The number of rotatable bonds is 18. The number of aliphatic hydroxyl groups is 1. The van der Waals surface area contributed by atoms with Crippen LogP contribution in [0.15, 0.2) is 164 Å². The summed E-state index contributed by atoms with van der Waals surface area (Å²) in [5, 5.41) is 13.2. The zero-order chi connectivity index (χ0) is 43.6. The largest absolute Gasteiger partial charge is 0.534 e. The van der Waals surface area contributed by atoms with E-state index in [1.165, 1.54) is 12.1 Å². The number of benzene rings is 6. The van der Waals surface area contributed by atoms with E-state index in [1.807, 2.05) is 134 Å². The molecule has 324 valence electrons.